The molecule has 2 aliphatic rings. The number of thioether (sulfide) groups is 1. The van der Waals surface area contributed by atoms with E-state index in [1.807, 2.05) is 0 Å². The average Bonchev–Trinajstić information content (AvgIpc) is 2.30. The van der Waals surface area contributed by atoms with Crippen molar-refractivity contribution in [3.05, 3.63) is 0 Å². The van der Waals surface area contributed by atoms with Crippen LogP contribution in [0.5, 0.6) is 0 Å². The van der Waals surface area contributed by atoms with Crippen LogP contribution in [-0.2, 0) is 4.79 Å². The largest absolute Gasteiger partial charge is 0.340 e. The second kappa shape index (κ2) is 5.41. The predicted molar refractivity (Wildman–Crippen MR) is 68.5 cm³/mol. The van der Waals surface area contributed by atoms with Crippen LogP contribution in [-0.4, -0.2) is 40.9 Å². The molecule has 3 nitrogen and oxygen atoms in total. The van der Waals surface area contributed by atoms with Gasteiger partial charge in [-0.3, -0.25) is 4.79 Å². The van der Waals surface area contributed by atoms with E-state index >= 15 is 0 Å². The van der Waals surface area contributed by atoms with Gasteiger partial charge >= 0.3 is 0 Å². The minimum atomic E-state index is 0.257. The topological polar surface area (TPSA) is 46.3 Å². The van der Waals surface area contributed by atoms with E-state index in [1.165, 1.54) is 32.1 Å². The van der Waals surface area contributed by atoms with Gasteiger partial charge in [0.25, 0.3) is 0 Å². The second-order valence-corrected chi connectivity index (χ2v) is 6.51. The highest BCUT2D eigenvalue weighted by Crippen LogP contribution is 2.42. The van der Waals surface area contributed by atoms with Crippen LogP contribution in [0.4, 0.5) is 0 Å². The third-order valence-electron chi connectivity index (χ3n) is 3.72. The number of hydrogen-bond donors (Lipinski definition) is 1. The summed E-state index contributed by atoms with van der Waals surface area (Å²) in [6.07, 6.45) is 7.16. The molecule has 1 amide bonds. The van der Waals surface area contributed by atoms with E-state index < -0.39 is 0 Å². The molecule has 4 heteroatoms. The van der Waals surface area contributed by atoms with Crippen molar-refractivity contribution in [2.45, 2.75) is 43.3 Å². The molecule has 1 saturated heterocycles. The number of rotatable bonds is 2. The SMILES string of the molecule is NCCC(=O)N1CCSC2(CCCCC2)C1. The zero-order chi connectivity index (χ0) is 11.4. The van der Waals surface area contributed by atoms with Crippen molar-refractivity contribution in [1.82, 2.24) is 4.90 Å². The fourth-order valence-electron chi connectivity index (χ4n) is 2.84. The summed E-state index contributed by atoms with van der Waals surface area (Å²) in [7, 11) is 0. The van der Waals surface area contributed by atoms with Gasteiger partial charge in [0.1, 0.15) is 0 Å². The molecule has 0 unspecified atom stereocenters. The third-order valence-corrected chi connectivity index (χ3v) is 5.26. The van der Waals surface area contributed by atoms with Crippen LogP contribution in [0, 0.1) is 0 Å². The van der Waals surface area contributed by atoms with Crippen molar-refractivity contribution >= 4 is 17.7 Å². The monoisotopic (exact) mass is 242 g/mol. The maximum atomic E-state index is 11.9. The maximum Gasteiger partial charge on any atom is 0.223 e. The zero-order valence-corrected chi connectivity index (χ0v) is 10.7. The van der Waals surface area contributed by atoms with E-state index in [0.29, 0.717) is 17.7 Å². The minimum absolute atomic E-state index is 0.257. The van der Waals surface area contributed by atoms with Crippen molar-refractivity contribution in [3.8, 4) is 0 Å². The lowest BCUT2D eigenvalue weighted by Crippen LogP contribution is -2.50. The molecule has 1 aliphatic carbocycles. The fraction of sp³-hybridized carbons (Fsp3) is 0.917. The summed E-state index contributed by atoms with van der Waals surface area (Å²) in [4.78, 5) is 13.9. The lowest BCUT2D eigenvalue weighted by Gasteiger charge is -2.44. The Balaban J connectivity index is 1.94. The highest BCUT2D eigenvalue weighted by molar-refractivity contribution is 8.00. The highest BCUT2D eigenvalue weighted by atomic mass is 32.2. The Kier molecular flexibility index (Phi) is 4.14. The molecule has 0 atom stereocenters. The molecule has 0 aromatic rings. The normalized spacial score (nSPS) is 24.7. The van der Waals surface area contributed by atoms with Gasteiger partial charge in [0.2, 0.25) is 5.91 Å². The Labute approximate surface area is 102 Å². The van der Waals surface area contributed by atoms with Gasteiger partial charge in [-0.15, -0.1) is 0 Å². The molecular weight excluding hydrogens is 220 g/mol. The number of amides is 1. The summed E-state index contributed by atoms with van der Waals surface area (Å²) in [5.41, 5.74) is 5.45. The van der Waals surface area contributed by atoms with Crippen LogP contribution < -0.4 is 5.73 Å². The molecule has 0 aromatic carbocycles. The molecule has 0 bridgehead atoms. The number of carbonyl (C=O) groups is 1. The third kappa shape index (κ3) is 2.72. The molecule has 2 fully saturated rings. The molecule has 1 spiro atoms. The second-order valence-electron chi connectivity index (χ2n) is 4.95. The molecule has 2 N–H and O–H groups in total. The van der Waals surface area contributed by atoms with E-state index in [-0.39, 0.29) is 5.91 Å². The first-order valence-corrected chi connectivity index (χ1v) is 7.36. The van der Waals surface area contributed by atoms with Crippen molar-refractivity contribution in [3.63, 3.8) is 0 Å². The fourth-order valence-corrected chi connectivity index (χ4v) is 4.41. The molecule has 2 rings (SSSR count). The average molecular weight is 242 g/mol. The van der Waals surface area contributed by atoms with Gasteiger partial charge in [-0.1, -0.05) is 19.3 Å². The van der Waals surface area contributed by atoms with E-state index in [1.54, 1.807) is 0 Å². The Bertz CT molecular complexity index is 246. The van der Waals surface area contributed by atoms with Gasteiger partial charge in [0.05, 0.1) is 0 Å². The number of carbonyl (C=O) groups excluding carboxylic acids is 1. The molecule has 1 saturated carbocycles. The number of nitrogens with two attached hydrogens (primary N) is 1. The Morgan fingerprint density at radius 1 is 1.31 bits per heavy atom. The lowest BCUT2D eigenvalue weighted by atomic mass is 9.87. The summed E-state index contributed by atoms with van der Waals surface area (Å²) >= 11 is 2.10. The molecule has 0 aromatic heterocycles. The highest BCUT2D eigenvalue weighted by Gasteiger charge is 2.38. The van der Waals surface area contributed by atoms with Gasteiger partial charge in [0, 0.05) is 36.6 Å². The van der Waals surface area contributed by atoms with Gasteiger partial charge in [-0.2, -0.15) is 11.8 Å². The van der Waals surface area contributed by atoms with Crippen molar-refractivity contribution in [2.75, 3.05) is 25.4 Å². The molecule has 1 heterocycles. The van der Waals surface area contributed by atoms with E-state index in [0.717, 1.165) is 18.8 Å². The van der Waals surface area contributed by atoms with Crippen molar-refractivity contribution < 1.29 is 4.79 Å². The molecule has 1 aliphatic heterocycles. The van der Waals surface area contributed by atoms with Crippen molar-refractivity contribution in [2.24, 2.45) is 5.73 Å². The van der Waals surface area contributed by atoms with E-state index in [2.05, 4.69) is 16.7 Å². The first-order chi connectivity index (χ1) is 7.76. The zero-order valence-electron chi connectivity index (χ0n) is 9.91. The van der Waals surface area contributed by atoms with Gasteiger partial charge in [0.15, 0.2) is 0 Å². The van der Waals surface area contributed by atoms with E-state index in [9.17, 15) is 4.79 Å². The molecule has 92 valence electrons. The van der Waals surface area contributed by atoms with Crippen LogP contribution in [0.1, 0.15) is 38.5 Å². The van der Waals surface area contributed by atoms with Crippen LogP contribution >= 0.6 is 11.8 Å². The first-order valence-electron chi connectivity index (χ1n) is 6.38. The maximum absolute atomic E-state index is 11.9. The van der Waals surface area contributed by atoms with Crippen LogP contribution in [0.2, 0.25) is 0 Å². The Hall–Kier alpha value is -0.220. The Morgan fingerprint density at radius 3 is 2.75 bits per heavy atom. The Morgan fingerprint density at radius 2 is 2.06 bits per heavy atom. The predicted octanol–water partition coefficient (Wildman–Crippen LogP) is 1.61. The van der Waals surface area contributed by atoms with E-state index in [4.69, 9.17) is 5.73 Å². The summed E-state index contributed by atoms with van der Waals surface area (Å²) in [5.74, 6) is 1.36. The number of hydrogen-bond acceptors (Lipinski definition) is 3. The minimum Gasteiger partial charge on any atom is -0.340 e. The van der Waals surface area contributed by atoms with Gasteiger partial charge in [-0.05, 0) is 12.8 Å². The quantitative estimate of drug-likeness (QED) is 0.800. The lowest BCUT2D eigenvalue weighted by molar-refractivity contribution is -0.131. The van der Waals surface area contributed by atoms with Gasteiger partial charge < -0.3 is 10.6 Å². The molecular formula is C12H22N2OS. The summed E-state index contributed by atoms with van der Waals surface area (Å²) in [6, 6.07) is 0. The first kappa shape index (κ1) is 12.2. The van der Waals surface area contributed by atoms with Gasteiger partial charge in [-0.25, -0.2) is 0 Å². The van der Waals surface area contributed by atoms with Crippen LogP contribution in [0.25, 0.3) is 0 Å². The standard InChI is InChI=1S/C12H22N2OS/c13-7-4-11(15)14-8-9-16-12(10-14)5-2-1-3-6-12/h1-10,13H2. The van der Waals surface area contributed by atoms with Crippen molar-refractivity contribution in [1.29, 1.82) is 0 Å². The molecule has 0 radical (unpaired) electrons. The molecule has 16 heavy (non-hydrogen) atoms. The smallest absolute Gasteiger partial charge is 0.223 e. The number of nitrogens with zero attached hydrogens (tertiary/aromatic N) is 1. The summed E-state index contributed by atoms with van der Waals surface area (Å²) < 4.78 is 0.390. The summed E-state index contributed by atoms with van der Waals surface area (Å²) in [6.45, 7) is 2.37. The van der Waals surface area contributed by atoms with Crippen LogP contribution in [0.3, 0.4) is 0 Å². The van der Waals surface area contributed by atoms with Crippen LogP contribution in [0.15, 0.2) is 0 Å². The summed E-state index contributed by atoms with van der Waals surface area (Å²) in [5, 5.41) is 0.